The number of hydrogen-bond donors (Lipinski definition) is 2. The van der Waals surface area contributed by atoms with E-state index >= 15 is 0 Å². The average molecular weight is 443 g/mol. The molecule has 0 aromatic heterocycles. The monoisotopic (exact) mass is 443 g/mol. The highest BCUT2D eigenvalue weighted by atomic mass is 16.5. The van der Waals surface area contributed by atoms with E-state index in [1.54, 1.807) is 54.6 Å². The molecule has 1 amide bonds. The number of Topliss-reactive ketones (excluding diaryl/α,β-unsaturated/α-hetero) is 1. The van der Waals surface area contributed by atoms with Crippen molar-refractivity contribution in [1.82, 2.24) is 0 Å². The van der Waals surface area contributed by atoms with Gasteiger partial charge in [-0.3, -0.25) is 14.5 Å². The predicted octanol–water partition coefficient (Wildman–Crippen LogP) is 5.11. The molecule has 0 spiro atoms. The van der Waals surface area contributed by atoms with Gasteiger partial charge in [-0.05, 0) is 68.3 Å². The van der Waals surface area contributed by atoms with Crippen molar-refractivity contribution < 1.29 is 24.5 Å². The molecule has 3 aromatic carbocycles. The van der Waals surface area contributed by atoms with Crippen molar-refractivity contribution in [2.24, 2.45) is 0 Å². The van der Waals surface area contributed by atoms with E-state index in [0.717, 1.165) is 5.56 Å². The number of ether oxygens (including phenoxy) is 1. The Labute approximate surface area is 192 Å². The Morgan fingerprint density at radius 2 is 1.70 bits per heavy atom. The Bertz CT molecular complexity index is 1260. The Morgan fingerprint density at radius 1 is 0.970 bits per heavy atom. The molecule has 6 nitrogen and oxygen atoms in total. The van der Waals surface area contributed by atoms with Crippen LogP contribution in [0.15, 0.2) is 78.4 Å². The van der Waals surface area contributed by atoms with Gasteiger partial charge in [0.25, 0.3) is 11.7 Å². The second-order valence-corrected chi connectivity index (χ2v) is 8.30. The normalized spacial score (nSPS) is 17.6. The summed E-state index contributed by atoms with van der Waals surface area (Å²) in [5.74, 6) is -1.31. The molecule has 0 saturated carbocycles. The van der Waals surface area contributed by atoms with E-state index in [4.69, 9.17) is 4.74 Å². The summed E-state index contributed by atoms with van der Waals surface area (Å²) in [4.78, 5) is 27.8. The van der Waals surface area contributed by atoms with Crippen molar-refractivity contribution in [3.63, 3.8) is 0 Å². The number of benzene rings is 3. The third kappa shape index (κ3) is 4.32. The van der Waals surface area contributed by atoms with Gasteiger partial charge in [0.15, 0.2) is 0 Å². The first kappa shape index (κ1) is 22.1. The van der Waals surface area contributed by atoms with Gasteiger partial charge in [-0.2, -0.15) is 0 Å². The summed E-state index contributed by atoms with van der Waals surface area (Å²) >= 11 is 0. The molecule has 1 unspecified atom stereocenters. The minimum absolute atomic E-state index is 0.00494. The Hall–Kier alpha value is -4.06. The van der Waals surface area contributed by atoms with Crippen molar-refractivity contribution in [2.45, 2.75) is 32.9 Å². The number of anilines is 1. The molecule has 6 heteroatoms. The molecule has 0 radical (unpaired) electrons. The van der Waals surface area contributed by atoms with E-state index in [1.807, 2.05) is 26.8 Å². The van der Waals surface area contributed by atoms with Gasteiger partial charge in [-0.15, -0.1) is 0 Å². The van der Waals surface area contributed by atoms with Crippen molar-refractivity contribution >= 4 is 23.1 Å². The van der Waals surface area contributed by atoms with E-state index in [-0.39, 0.29) is 23.2 Å². The highest BCUT2D eigenvalue weighted by Gasteiger charge is 2.47. The molecule has 1 atom stereocenters. The third-order valence-corrected chi connectivity index (χ3v) is 5.39. The molecule has 4 rings (SSSR count). The number of aliphatic hydroxyl groups is 1. The van der Waals surface area contributed by atoms with Gasteiger partial charge in [-0.1, -0.05) is 36.4 Å². The van der Waals surface area contributed by atoms with E-state index in [2.05, 4.69) is 0 Å². The second kappa shape index (κ2) is 8.82. The molecule has 168 valence electrons. The van der Waals surface area contributed by atoms with Crippen LogP contribution in [0.5, 0.6) is 11.5 Å². The quantitative estimate of drug-likeness (QED) is 0.325. The molecular formula is C27H25NO5. The third-order valence-electron chi connectivity index (χ3n) is 5.39. The fourth-order valence-electron chi connectivity index (χ4n) is 4.03. The summed E-state index contributed by atoms with van der Waals surface area (Å²) in [5.41, 5.74) is 2.27. The number of carbonyl (C=O) groups excluding carboxylic acids is 2. The van der Waals surface area contributed by atoms with Crippen LogP contribution in [-0.2, 0) is 9.59 Å². The number of amides is 1. The van der Waals surface area contributed by atoms with Crippen molar-refractivity contribution in [3.05, 3.63) is 95.1 Å². The number of aryl methyl sites for hydroxylation is 1. The molecule has 1 fully saturated rings. The fraction of sp³-hybridized carbons (Fsp3) is 0.185. The standard InChI is InChI=1S/C27H25NO5/c1-16(2)33-22-12-6-9-19(15-22)25(30)23-24(18-8-5-11-21(29)14-18)28(27(32)26(23)31)20-10-4-7-17(3)13-20/h4-16,24,29-30H,1-3H3/b25-23+. The summed E-state index contributed by atoms with van der Waals surface area (Å²) in [5, 5.41) is 21.3. The van der Waals surface area contributed by atoms with Gasteiger partial charge in [0.2, 0.25) is 0 Å². The molecule has 1 aliphatic rings. The summed E-state index contributed by atoms with van der Waals surface area (Å²) in [6, 6.07) is 19.4. The number of carbonyl (C=O) groups is 2. The molecule has 33 heavy (non-hydrogen) atoms. The lowest BCUT2D eigenvalue weighted by atomic mass is 9.95. The zero-order valence-corrected chi connectivity index (χ0v) is 18.6. The Balaban J connectivity index is 1.92. The van der Waals surface area contributed by atoms with Crippen LogP contribution in [0, 0.1) is 6.92 Å². The average Bonchev–Trinajstić information content (AvgIpc) is 3.04. The second-order valence-electron chi connectivity index (χ2n) is 8.30. The SMILES string of the molecule is Cc1cccc(N2C(=O)C(=O)/C(=C(/O)c3cccc(OC(C)C)c3)C2c2cccc(O)c2)c1. The van der Waals surface area contributed by atoms with Crippen LogP contribution in [0.3, 0.4) is 0 Å². The lowest BCUT2D eigenvalue weighted by molar-refractivity contribution is -0.132. The van der Waals surface area contributed by atoms with Gasteiger partial charge < -0.3 is 14.9 Å². The minimum Gasteiger partial charge on any atom is -0.508 e. The van der Waals surface area contributed by atoms with Crippen molar-refractivity contribution in [3.8, 4) is 11.5 Å². The van der Waals surface area contributed by atoms with Gasteiger partial charge in [0, 0.05) is 11.3 Å². The Kier molecular flexibility index (Phi) is 5.92. The topological polar surface area (TPSA) is 87.1 Å². The summed E-state index contributed by atoms with van der Waals surface area (Å²) in [6.07, 6.45) is -0.0680. The van der Waals surface area contributed by atoms with Gasteiger partial charge in [-0.25, -0.2) is 0 Å². The van der Waals surface area contributed by atoms with Crippen LogP contribution >= 0.6 is 0 Å². The van der Waals surface area contributed by atoms with Crippen molar-refractivity contribution in [1.29, 1.82) is 0 Å². The number of aromatic hydroxyl groups is 1. The first-order chi connectivity index (χ1) is 15.8. The minimum atomic E-state index is -0.909. The molecule has 1 aliphatic heterocycles. The van der Waals surface area contributed by atoms with Crippen LogP contribution in [0.4, 0.5) is 5.69 Å². The lowest BCUT2D eigenvalue weighted by Crippen LogP contribution is -2.29. The molecule has 3 aromatic rings. The molecule has 2 N–H and O–H groups in total. The smallest absolute Gasteiger partial charge is 0.300 e. The maximum atomic E-state index is 13.2. The molecule has 0 bridgehead atoms. The van der Waals surface area contributed by atoms with Crippen LogP contribution in [-0.4, -0.2) is 28.0 Å². The van der Waals surface area contributed by atoms with E-state index in [0.29, 0.717) is 22.6 Å². The van der Waals surface area contributed by atoms with Gasteiger partial charge in [0.1, 0.15) is 17.3 Å². The van der Waals surface area contributed by atoms with E-state index < -0.39 is 17.7 Å². The Morgan fingerprint density at radius 3 is 2.39 bits per heavy atom. The van der Waals surface area contributed by atoms with Crippen LogP contribution in [0.1, 0.15) is 36.6 Å². The summed E-state index contributed by atoms with van der Waals surface area (Å²) < 4.78 is 5.72. The molecule has 0 aliphatic carbocycles. The fourth-order valence-corrected chi connectivity index (χ4v) is 4.03. The summed E-state index contributed by atoms with van der Waals surface area (Å²) in [7, 11) is 0. The number of nitrogens with zero attached hydrogens (tertiary/aromatic N) is 1. The number of hydrogen-bond acceptors (Lipinski definition) is 5. The largest absolute Gasteiger partial charge is 0.508 e. The highest BCUT2D eigenvalue weighted by molar-refractivity contribution is 6.51. The van der Waals surface area contributed by atoms with Gasteiger partial charge in [0.05, 0.1) is 17.7 Å². The van der Waals surface area contributed by atoms with Crippen LogP contribution in [0.2, 0.25) is 0 Å². The van der Waals surface area contributed by atoms with Gasteiger partial charge >= 0.3 is 0 Å². The summed E-state index contributed by atoms with van der Waals surface area (Å²) in [6.45, 7) is 5.67. The maximum absolute atomic E-state index is 13.2. The van der Waals surface area contributed by atoms with Crippen molar-refractivity contribution in [2.75, 3.05) is 4.90 Å². The first-order valence-corrected chi connectivity index (χ1v) is 10.7. The highest BCUT2D eigenvalue weighted by Crippen LogP contribution is 2.43. The van der Waals surface area contributed by atoms with E-state index in [1.165, 1.54) is 17.0 Å². The lowest BCUT2D eigenvalue weighted by Gasteiger charge is -2.26. The number of phenols is 1. The van der Waals surface area contributed by atoms with E-state index in [9.17, 15) is 19.8 Å². The molecular weight excluding hydrogens is 418 g/mol. The molecule has 1 saturated heterocycles. The molecule has 1 heterocycles. The number of rotatable bonds is 5. The number of aliphatic hydroxyl groups excluding tert-OH is 1. The van der Waals surface area contributed by atoms with Crippen LogP contribution < -0.4 is 9.64 Å². The number of ketones is 1. The predicted molar refractivity (Wildman–Crippen MR) is 126 cm³/mol. The first-order valence-electron chi connectivity index (χ1n) is 10.7. The zero-order valence-electron chi connectivity index (χ0n) is 18.6. The zero-order chi connectivity index (χ0) is 23.7. The number of phenolic OH excluding ortho intramolecular Hbond substituents is 1. The van der Waals surface area contributed by atoms with Crippen LogP contribution in [0.25, 0.3) is 5.76 Å². The maximum Gasteiger partial charge on any atom is 0.300 e.